The summed E-state index contributed by atoms with van der Waals surface area (Å²) in [6.45, 7) is 1.64. The van der Waals surface area contributed by atoms with E-state index < -0.39 is 17.9 Å². The van der Waals surface area contributed by atoms with Gasteiger partial charge in [0.1, 0.15) is 0 Å². The number of nitrogens with two attached hydrogens (primary N) is 1. The van der Waals surface area contributed by atoms with Gasteiger partial charge in [-0.2, -0.15) is 0 Å². The Hall–Kier alpha value is -1.92. The summed E-state index contributed by atoms with van der Waals surface area (Å²) in [6, 6.07) is -0.914. The second-order valence-electron chi connectivity index (χ2n) is 4.04. The average molecular weight is 272 g/mol. The Morgan fingerprint density at radius 2 is 1.84 bits per heavy atom. The van der Waals surface area contributed by atoms with Gasteiger partial charge < -0.3 is 15.8 Å². The molecule has 3 N–H and O–H groups in total. The number of nitrogens with one attached hydrogen (secondary N) is 1. The van der Waals surface area contributed by atoms with Crippen LogP contribution >= 0.6 is 0 Å². The molecule has 0 saturated carbocycles. The number of methoxy groups -OCH3 is 1. The van der Waals surface area contributed by atoms with Gasteiger partial charge in [0.05, 0.1) is 19.6 Å². The van der Waals surface area contributed by atoms with Crippen LogP contribution in [-0.4, -0.2) is 36.7 Å². The lowest BCUT2D eigenvalue weighted by molar-refractivity contribution is -0.141. The van der Waals surface area contributed by atoms with E-state index in [4.69, 9.17) is 5.73 Å². The number of rotatable bonds is 9. The minimum Gasteiger partial charge on any atom is -0.469 e. The number of carbonyl (C=O) groups is 4. The molecule has 2 amide bonds. The molecular weight excluding hydrogens is 252 g/mol. The number of primary amides is 1. The summed E-state index contributed by atoms with van der Waals surface area (Å²) < 4.78 is 4.44. The van der Waals surface area contributed by atoms with E-state index in [1.807, 2.05) is 0 Å². The Balaban J connectivity index is 4.33. The molecule has 0 fully saturated rings. The van der Waals surface area contributed by atoms with Gasteiger partial charge in [-0.15, -0.1) is 0 Å². The Kier molecular flexibility index (Phi) is 8.15. The van der Waals surface area contributed by atoms with E-state index in [-0.39, 0.29) is 37.4 Å². The van der Waals surface area contributed by atoms with Gasteiger partial charge in [-0.25, -0.2) is 0 Å². The van der Waals surface area contributed by atoms with Crippen molar-refractivity contribution in [3.05, 3.63) is 0 Å². The molecule has 0 saturated heterocycles. The minimum atomic E-state index is -0.914. The van der Waals surface area contributed by atoms with Crippen LogP contribution in [-0.2, 0) is 23.9 Å². The number of ketones is 1. The molecule has 0 unspecified atom stereocenters. The van der Waals surface area contributed by atoms with Gasteiger partial charge in [0.2, 0.25) is 11.8 Å². The van der Waals surface area contributed by atoms with Crippen molar-refractivity contribution in [3.63, 3.8) is 0 Å². The highest BCUT2D eigenvalue weighted by Gasteiger charge is 2.22. The third-order valence-corrected chi connectivity index (χ3v) is 2.48. The minimum absolute atomic E-state index is 0.0804. The fraction of sp³-hybridized carbons (Fsp3) is 0.667. The maximum absolute atomic E-state index is 11.8. The molecule has 108 valence electrons. The predicted molar refractivity (Wildman–Crippen MR) is 66.9 cm³/mol. The van der Waals surface area contributed by atoms with Crippen molar-refractivity contribution in [1.29, 1.82) is 0 Å². The van der Waals surface area contributed by atoms with E-state index in [0.717, 1.165) is 0 Å². The van der Waals surface area contributed by atoms with Gasteiger partial charge >= 0.3 is 5.97 Å². The maximum Gasteiger partial charge on any atom is 0.305 e. The first-order chi connectivity index (χ1) is 8.90. The third kappa shape index (κ3) is 7.91. The molecule has 0 spiro atoms. The van der Waals surface area contributed by atoms with Crippen molar-refractivity contribution in [1.82, 2.24) is 5.32 Å². The topological polar surface area (TPSA) is 116 Å². The monoisotopic (exact) mass is 272 g/mol. The summed E-state index contributed by atoms with van der Waals surface area (Å²) in [6.07, 6.45) is 0.487. The molecule has 19 heavy (non-hydrogen) atoms. The van der Waals surface area contributed by atoms with Gasteiger partial charge in [-0.05, 0) is 6.42 Å². The summed E-state index contributed by atoms with van der Waals surface area (Å²) >= 11 is 0. The molecule has 0 bridgehead atoms. The van der Waals surface area contributed by atoms with Gasteiger partial charge in [-0.3, -0.25) is 19.2 Å². The van der Waals surface area contributed by atoms with Crippen LogP contribution in [0.2, 0.25) is 0 Å². The maximum atomic E-state index is 11.8. The molecule has 1 atom stereocenters. The van der Waals surface area contributed by atoms with Crippen molar-refractivity contribution >= 4 is 23.6 Å². The molecule has 0 heterocycles. The number of Topliss-reactive ketones (excluding diaryl/α,β-unsaturated/α-hetero) is 1. The zero-order valence-corrected chi connectivity index (χ0v) is 11.2. The highest BCUT2D eigenvalue weighted by molar-refractivity contribution is 5.92. The molecule has 0 rings (SSSR count). The molecule has 7 nitrogen and oxygen atoms in total. The molecule has 0 aromatic heterocycles. The highest BCUT2D eigenvalue weighted by atomic mass is 16.5. The van der Waals surface area contributed by atoms with E-state index >= 15 is 0 Å². The standard InChI is InChI=1S/C12H20N2O5/c1-3-11(17)14-8(7-10(13)16)9(15)5-4-6-12(18)19-2/h8H,3-7H2,1-2H3,(H2,13,16)(H,14,17)/t8-/m1/s1. The van der Waals surface area contributed by atoms with E-state index in [2.05, 4.69) is 10.1 Å². The molecule has 0 aromatic rings. The predicted octanol–water partition coefficient (Wildman–Crippen LogP) is -0.331. The number of hydrogen-bond acceptors (Lipinski definition) is 5. The first kappa shape index (κ1) is 17.1. The van der Waals surface area contributed by atoms with E-state index in [1.165, 1.54) is 7.11 Å². The second kappa shape index (κ2) is 9.07. The summed E-state index contributed by atoms with van der Waals surface area (Å²) in [5, 5.41) is 2.44. The highest BCUT2D eigenvalue weighted by Crippen LogP contribution is 2.04. The van der Waals surface area contributed by atoms with Crippen LogP contribution in [0.25, 0.3) is 0 Å². The number of carbonyl (C=O) groups excluding carboxylic acids is 4. The molecule has 0 aliphatic heterocycles. The molecule has 0 radical (unpaired) electrons. The molecular formula is C12H20N2O5. The number of amides is 2. The van der Waals surface area contributed by atoms with Crippen LogP contribution in [0.4, 0.5) is 0 Å². The fourth-order valence-electron chi connectivity index (χ4n) is 1.43. The zero-order chi connectivity index (χ0) is 14.8. The Morgan fingerprint density at radius 1 is 1.21 bits per heavy atom. The van der Waals surface area contributed by atoms with E-state index in [9.17, 15) is 19.2 Å². The Morgan fingerprint density at radius 3 is 2.32 bits per heavy atom. The summed E-state index contributed by atoms with van der Waals surface area (Å²) in [5.74, 6) is -1.71. The Bertz CT molecular complexity index is 354. The van der Waals surface area contributed by atoms with Gasteiger partial charge in [-0.1, -0.05) is 6.92 Å². The zero-order valence-electron chi connectivity index (χ0n) is 11.2. The van der Waals surface area contributed by atoms with Crippen molar-refractivity contribution in [2.75, 3.05) is 7.11 Å². The number of esters is 1. The molecule has 0 aliphatic rings. The van der Waals surface area contributed by atoms with Gasteiger partial charge in [0.25, 0.3) is 0 Å². The largest absolute Gasteiger partial charge is 0.469 e. The number of hydrogen-bond donors (Lipinski definition) is 2. The second-order valence-corrected chi connectivity index (χ2v) is 4.04. The van der Waals surface area contributed by atoms with Crippen molar-refractivity contribution < 1.29 is 23.9 Å². The lowest BCUT2D eigenvalue weighted by Crippen LogP contribution is -2.43. The summed E-state index contributed by atoms with van der Waals surface area (Å²) in [7, 11) is 1.27. The van der Waals surface area contributed by atoms with Crippen molar-refractivity contribution in [2.45, 2.75) is 45.1 Å². The first-order valence-electron chi connectivity index (χ1n) is 6.07. The number of ether oxygens (including phenoxy) is 1. The molecule has 7 heteroatoms. The van der Waals surface area contributed by atoms with Crippen LogP contribution in [0.15, 0.2) is 0 Å². The van der Waals surface area contributed by atoms with E-state index in [1.54, 1.807) is 6.92 Å². The SMILES string of the molecule is CCC(=O)N[C@H](CC(N)=O)C(=O)CCCC(=O)OC. The summed E-state index contributed by atoms with van der Waals surface area (Å²) in [4.78, 5) is 44.8. The van der Waals surface area contributed by atoms with Crippen LogP contribution in [0.1, 0.15) is 39.0 Å². The van der Waals surface area contributed by atoms with Gasteiger partial charge in [0.15, 0.2) is 5.78 Å². The lowest BCUT2D eigenvalue weighted by Gasteiger charge is -2.15. The van der Waals surface area contributed by atoms with Crippen LogP contribution < -0.4 is 11.1 Å². The first-order valence-corrected chi connectivity index (χ1v) is 6.07. The summed E-state index contributed by atoms with van der Waals surface area (Å²) in [5.41, 5.74) is 5.03. The van der Waals surface area contributed by atoms with Crippen molar-refractivity contribution in [3.8, 4) is 0 Å². The lowest BCUT2D eigenvalue weighted by atomic mass is 10.0. The third-order valence-electron chi connectivity index (χ3n) is 2.48. The smallest absolute Gasteiger partial charge is 0.305 e. The normalized spacial score (nSPS) is 11.5. The quantitative estimate of drug-likeness (QED) is 0.557. The van der Waals surface area contributed by atoms with Crippen LogP contribution in [0.5, 0.6) is 0 Å². The van der Waals surface area contributed by atoms with E-state index in [0.29, 0.717) is 6.42 Å². The van der Waals surface area contributed by atoms with Gasteiger partial charge in [0, 0.05) is 19.3 Å². The Labute approximate surface area is 111 Å². The van der Waals surface area contributed by atoms with Crippen molar-refractivity contribution in [2.24, 2.45) is 5.73 Å². The van der Waals surface area contributed by atoms with Crippen LogP contribution in [0.3, 0.4) is 0 Å². The molecule has 0 aliphatic carbocycles. The molecule has 0 aromatic carbocycles. The fourth-order valence-corrected chi connectivity index (χ4v) is 1.43. The van der Waals surface area contributed by atoms with Crippen LogP contribution in [0, 0.1) is 0 Å². The average Bonchev–Trinajstić information content (AvgIpc) is 2.36.